The van der Waals surface area contributed by atoms with Crippen LogP contribution in [-0.4, -0.2) is 35.3 Å². The highest BCUT2D eigenvalue weighted by atomic mass is 32.1. The average molecular weight is 443 g/mol. The number of benzene rings is 1. The maximum absolute atomic E-state index is 13.1. The lowest BCUT2D eigenvalue weighted by Gasteiger charge is -2.27. The quantitative estimate of drug-likeness (QED) is 0.647. The number of thiazole rings is 1. The lowest BCUT2D eigenvalue weighted by molar-refractivity contribution is -0.125. The van der Waals surface area contributed by atoms with E-state index in [-0.39, 0.29) is 43.1 Å². The molecule has 0 saturated heterocycles. The van der Waals surface area contributed by atoms with Crippen LogP contribution in [0.3, 0.4) is 0 Å². The summed E-state index contributed by atoms with van der Waals surface area (Å²) in [6, 6.07) is 5.97. The van der Waals surface area contributed by atoms with Crippen molar-refractivity contribution < 1.29 is 14.4 Å². The molecule has 1 aliphatic carbocycles. The van der Waals surface area contributed by atoms with E-state index in [0.29, 0.717) is 10.8 Å². The molecule has 2 N–H and O–H groups in total. The Morgan fingerprint density at radius 2 is 1.87 bits per heavy atom. The van der Waals surface area contributed by atoms with Crippen LogP contribution in [0, 0.1) is 13.8 Å². The van der Waals surface area contributed by atoms with Crippen molar-refractivity contribution in [2.75, 3.05) is 16.8 Å². The van der Waals surface area contributed by atoms with E-state index in [4.69, 9.17) is 0 Å². The monoisotopic (exact) mass is 442 g/mol. The minimum atomic E-state index is -0.268. The molecule has 8 heteroatoms. The summed E-state index contributed by atoms with van der Waals surface area (Å²) in [5, 5.41) is 8.05. The summed E-state index contributed by atoms with van der Waals surface area (Å²) in [6.07, 6.45) is 7.09. The summed E-state index contributed by atoms with van der Waals surface area (Å²) in [7, 11) is 0. The third-order valence-corrected chi connectivity index (χ3v) is 6.15. The number of aryl methyl sites for hydroxylation is 2. The zero-order valence-electron chi connectivity index (χ0n) is 18.1. The number of amides is 3. The topological polar surface area (TPSA) is 91.4 Å². The van der Waals surface area contributed by atoms with Crippen LogP contribution >= 0.6 is 11.3 Å². The van der Waals surface area contributed by atoms with Crippen molar-refractivity contribution in [2.45, 2.75) is 64.8 Å². The molecule has 1 heterocycles. The van der Waals surface area contributed by atoms with Gasteiger partial charge in [0.2, 0.25) is 17.7 Å². The summed E-state index contributed by atoms with van der Waals surface area (Å²) in [6.45, 7) is 3.87. The Hall–Kier alpha value is -2.74. The van der Waals surface area contributed by atoms with E-state index in [9.17, 15) is 14.4 Å². The first-order chi connectivity index (χ1) is 14.9. The smallest absolute Gasteiger partial charge is 0.240 e. The summed E-state index contributed by atoms with van der Waals surface area (Å²) in [5.74, 6) is -0.678. The van der Waals surface area contributed by atoms with E-state index in [1.165, 1.54) is 22.7 Å². The van der Waals surface area contributed by atoms with Crippen LogP contribution in [0.2, 0.25) is 0 Å². The largest absolute Gasteiger partial charge is 0.352 e. The van der Waals surface area contributed by atoms with Gasteiger partial charge in [0.05, 0.1) is 0 Å². The molecule has 0 atom stereocenters. The van der Waals surface area contributed by atoms with Crippen LogP contribution in [-0.2, 0) is 14.4 Å². The normalized spacial score (nSPS) is 14.1. The van der Waals surface area contributed by atoms with Crippen molar-refractivity contribution in [1.29, 1.82) is 0 Å². The Morgan fingerprint density at radius 3 is 2.55 bits per heavy atom. The van der Waals surface area contributed by atoms with Crippen molar-refractivity contribution in [2.24, 2.45) is 0 Å². The Bertz CT molecular complexity index is 908. The van der Waals surface area contributed by atoms with Gasteiger partial charge in [-0.3, -0.25) is 14.4 Å². The number of anilines is 2. The Kier molecular flexibility index (Phi) is 8.17. The SMILES string of the molecule is Cc1ccc(N(CC(=O)NC2CCCCC2)C(=O)CCC(=O)Nc2nccs2)c(C)c1. The second-order valence-electron chi connectivity index (χ2n) is 8.06. The second-order valence-corrected chi connectivity index (χ2v) is 8.95. The molecule has 3 amide bonds. The predicted molar refractivity (Wildman–Crippen MR) is 123 cm³/mol. The van der Waals surface area contributed by atoms with Crippen molar-refractivity contribution in [3.8, 4) is 0 Å². The van der Waals surface area contributed by atoms with Crippen LogP contribution in [0.5, 0.6) is 0 Å². The molecule has 1 fully saturated rings. The first-order valence-electron chi connectivity index (χ1n) is 10.8. The van der Waals surface area contributed by atoms with Crippen LogP contribution in [0.15, 0.2) is 29.8 Å². The second kappa shape index (κ2) is 11.0. The van der Waals surface area contributed by atoms with Gasteiger partial charge in [-0.2, -0.15) is 0 Å². The zero-order chi connectivity index (χ0) is 22.2. The van der Waals surface area contributed by atoms with Gasteiger partial charge < -0.3 is 15.5 Å². The third kappa shape index (κ3) is 6.89. The van der Waals surface area contributed by atoms with Crippen molar-refractivity contribution in [3.63, 3.8) is 0 Å². The molecular formula is C23H30N4O3S. The number of carbonyl (C=O) groups is 3. The van der Waals surface area contributed by atoms with E-state index in [1.807, 2.05) is 32.0 Å². The van der Waals surface area contributed by atoms with Gasteiger partial charge >= 0.3 is 0 Å². The van der Waals surface area contributed by atoms with E-state index in [0.717, 1.165) is 36.8 Å². The van der Waals surface area contributed by atoms with Gasteiger partial charge in [0.15, 0.2) is 5.13 Å². The van der Waals surface area contributed by atoms with Crippen LogP contribution in [0.25, 0.3) is 0 Å². The minimum absolute atomic E-state index is 0.0151. The van der Waals surface area contributed by atoms with E-state index < -0.39 is 0 Å². The summed E-state index contributed by atoms with van der Waals surface area (Å²) >= 11 is 1.33. The van der Waals surface area contributed by atoms with Crippen LogP contribution < -0.4 is 15.5 Å². The van der Waals surface area contributed by atoms with Gasteiger partial charge in [0, 0.05) is 36.1 Å². The molecule has 2 aromatic rings. The molecule has 166 valence electrons. The maximum atomic E-state index is 13.1. The maximum Gasteiger partial charge on any atom is 0.240 e. The highest BCUT2D eigenvalue weighted by Gasteiger charge is 2.23. The van der Waals surface area contributed by atoms with E-state index >= 15 is 0 Å². The minimum Gasteiger partial charge on any atom is -0.352 e. The molecule has 1 saturated carbocycles. The molecule has 1 aliphatic rings. The molecule has 0 aliphatic heterocycles. The third-order valence-electron chi connectivity index (χ3n) is 5.46. The van der Waals surface area contributed by atoms with E-state index in [1.54, 1.807) is 11.6 Å². The fourth-order valence-corrected chi connectivity index (χ4v) is 4.45. The number of rotatable bonds is 8. The number of aromatic nitrogens is 1. The molecule has 31 heavy (non-hydrogen) atoms. The molecule has 3 rings (SSSR count). The van der Waals surface area contributed by atoms with Crippen molar-refractivity contribution in [1.82, 2.24) is 10.3 Å². The van der Waals surface area contributed by atoms with Crippen molar-refractivity contribution >= 4 is 39.9 Å². The number of nitrogens with zero attached hydrogens (tertiary/aromatic N) is 2. The molecule has 0 bridgehead atoms. The van der Waals surface area contributed by atoms with Crippen molar-refractivity contribution in [3.05, 3.63) is 40.9 Å². The van der Waals surface area contributed by atoms with Gasteiger partial charge in [-0.1, -0.05) is 37.0 Å². The van der Waals surface area contributed by atoms with Gasteiger partial charge in [-0.15, -0.1) is 11.3 Å². The number of hydrogen-bond acceptors (Lipinski definition) is 5. The molecule has 7 nitrogen and oxygen atoms in total. The molecular weight excluding hydrogens is 412 g/mol. The number of carbonyl (C=O) groups excluding carboxylic acids is 3. The lowest BCUT2D eigenvalue weighted by atomic mass is 9.95. The molecule has 1 aromatic carbocycles. The lowest BCUT2D eigenvalue weighted by Crippen LogP contribution is -2.45. The van der Waals surface area contributed by atoms with E-state index in [2.05, 4.69) is 15.6 Å². The number of hydrogen-bond donors (Lipinski definition) is 2. The fourth-order valence-electron chi connectivity index (χ4n) is 3.90. The Morgan fingerprint density at radius 1 is 1.10 bits per heavy atom. The summed E-state index contributed by atoms with van der Waals surface area (Å²) in [4.78, 5) is 43.5. The molecule has 0 radical (unpaired) electrons. The summed E-state index contributed by atoms with van der Waals surface area (Å²) < 4.78 is 0. The van der Waals surface area contributed by atoms with Crippen LogP contribution in [0.4, 0.5) is 10.8 Å². The first-order valence-corrected chi connectivity index (χ1v) is 11.7. The van der Waals surface area contributed by atoms with Crippen LogP contribution in [0.1, 0.15) is 56.1 Å². The first kappa shape index (κ1) is 22.9. The molecule has 1 aromatic heterocycles. The number of nitrogens with one attached hydrogen (secondary N) is 2. The molecule has 0 unspecified atom stereocenters. The Labute approximate surface area is 187 Å². The average Bonchev–Trinajstić information content (AvgIpc) is 3.24. The predicted octanol–water partition coefficient (Wildman–Crippen LogP) is 3.96. The molecule has 0 spiro atoms. The van der Waals surface area contributed by atoms with Gasteiger partial charge in [0.1, 0.15) is 6.54 Å². The highest BCUT2D eigenvalue weighted by Crippen LogP contribution is 2.23. The standard InChI is InChI=1S/C23H30N4O3S/c1-16-8-9-19(17(2)14-16)27(15-21(29)25-18-6-4-3-5-7-18)22(30)11-10-20(28)26-23-24-12-13-31-23/h8-9,12-14,18H,3-7,10-11,15H2,1-2H3,(H,25,29)(H,24,26,28). The Balaban J connectivity index is 1.66. The highest BCUT2D eigenvalue weighted by molar-refractivity contribution is 7.13. The zero-order valence-corrected chi connectivity index (χ0v) is 19.0. The van der Waals surface area contributed by atoms with Gasteiger partial charge in [-0.05, 0) is 38.3 Å². The van der Waals surface area contributed by atoms with Gasteiger partial charge in [0.25, 0.3) is 0 Å². The summed E-state index contributed by atoms with van der Waals surface area (Å²) in [5.41, 5.74) is 2.71. The fraction of sp³-hybridized carbons (Fsp3) is 0.478. The van der Waals surface area contributed by atoms with Gasteiger partial charge in [-0.25, -0.2) is 4.98 Å².